The average molecular weight is 384 g/mol. The minimum absolute atomic E-state index is 0. The van der Waals surface area contributed by atoms with E-state index in [4.69, 9.17) is 10.5 Å². The number of halogens is 1. The van der Waals surface area contributed by atoms with Gasteiger partial charge in [0.2, 0.25) is 0 Å². The van der Waals surface area contributed by atoms with Crippen LogP contribution in [0.25, 0.3) is 0 Å². The van der Waals surface area contributed by atoms with Crippen LogP contribution in [0.2, 0.25) is 0 Å². The van der Waals surface area contributed by atoms with Crippen LogP contribution in [-0.4, -0.2) is 24.0 Å². The summed E-state index contributed by atoms with van der Waals surface area (Å²) in [6.07, 6.45) is 0.700. The summed E-state index contributed by atoms with van der Waals surface area (Å²) in [6, 6.07) is 7.71. The Bertz CT molecular complexity index is 659. The second-order valence-electron chi connectivity index (χ2n) is 6.13. The molecule has 0 aliphatic heterocycles. The molecule has 0 saturated carbocycles. The molecule has 3 N–H and O–H groups in total. The molecule has 7 heteroatoms. The van der Waals surface area contributed by atoms with Crippen LogP contribution >= 0.6 is 23.7 Å². The first-order valence-corrected chi connectivity index (χ1v) is 9.05. The Morgan fingerprint density at radius 2 is 1.96 bits per heavy atom. The molecular formula is C18H26ClN3O2S. The van der Waals surface area contributed by atoms with Crippen molar-refractivity contribution in [3.8, 4) is 5.75 Å². The van der Waals surface area contributed by atoms with Crippen molar-refractivity contribution in [2.24, 2.45) is 11.7 Å². The molecule has 0 fully saturated rings. The maximum Gasteiger partial charge on any atom is 0.271 e. The minimum atomic E-state index is -0.165. The molecule has 2 rings (SSSR count). The van der Waals surface area contributed by atoms with E-state index in [1.54, 1.807) is 5.38 Å². The second kappa shape index (κ2) is 10.4. The summed E-state index contributed by atoms with van der Waals surface area (Å²) >= 11 is 1.47. The van der Waals surface area contributed by atoms with Crippen molar-refractivity contribution in [2.45, 2.75) is 33.2 Å². The predicted molar refractivity (Wildman–Crippen MR) is 105 cm³/mol. The Morgan fingerprint density at radius 1 is 1.28 bits per heavy atom. The van der Waals surface area contributed by atoms with Crippen molar-refractivity contribution in [3.05, 3.63) is 45.9 Å². The number of carbonyl (C=O) groups is 1. The molecule has 1 heterocycles. The lowest BCUT2D eigenvalue weighted by Gasteiger charge is -2.15. The number of carbonyl (C=O) groups excluding carboxylic acids is 1. The normalized spacial score (nSPS) is 11.7. The molecule has 138 valence electrons. The summed E-state index contributed by atoms with van der Waals surface area (Å²) in [6.45, 7) is 7.42. The van der Waals surface area contributed by atoms with Gasteiger partial charge in [-0.15, -0.1) is 23.7 Å². The number of ether oxygens (including phenoxy) is 1. The minimum Gasteiger partial charge on any atom is -0.493 e. The monoisotopic (exact) mass is 383 g/mol. The standard InChI is InChI=1S/C18H25N3O2S.ClH/c1-12(2)10-23-15-6-4-14(5-7-15)13(3)20-18(22)16-11-24-17(21-16)8-9-19;/h4-7,11-13H,8-10,19H2,1-3H3,(H,20,22);1H. The molecule has 0 saturated heterocycles. The summed E-state index contributed by atoms with van der Waals surface area (Å²) < 4.78 is 5.67. The third kappa shape index (κ3) is 6.65. The Hall–Kier alpha value is -1.63. The smallest absolute Gasteiger partial charge is 0.271 e. The van der Waals surface area contributed by atoms with Crippen LogP contribution in [-0.2, 0) is 6.42 Å². The topological polar surface area (TPSA) is 77.2 Å². The SMILES string of the molecule is CC(C)COc1ccc(C(C)NC(=O)c2csc(CCN)n2)cc1.Cl. The summed E-state index contributed by atoms with van der Waals surface area (Å²) in [7, 11) is 0. The zero-order valence-electron chi connectivity index (χ0n) is 14.8. The summed E-state index contributed by atoms with van der Waals surface area (Å²) in [4.78, 5) is 16.6. The summed E-state index contributed by atoms with van der Waals surface area (Å²) in [5.41, 5.74) is 6.99. The zero-order chi connectivity index (χ0) is 17.5. The van der Waals surface area contributed by atoms with E-state index in [9.17, 15) is 4.79 Å². The molecule has 1 aromatic carbocycles. The summed E-state index contributed by atoms with van der Waals surface area (Å²) in [5, 5.41) is 5.64. The van der Waals surface area contributed by atoms with E-state index in [1.165, 1.54) is 11.3 Å². The Balaban J connectivity index is 0.00000312. The van der Waals surface area contributed by atoms with E-state index >= 15 is 0 Å². The van der Waals surface area contributed by atoms with E-state index in [0.29, 0.717) is 31.2 Å². The number of nitrogens with one attached hydrogen (secondary N) is 1. The first-order valence-electron chi connectivity index (χ1n) is 8.17. The average Bonchev–Trinajstić information content (AvgIpc) is 3.02. The van der Waals surface area contributed by atoms with Crippen LogP contribution in [0.4, 0.5) is 0 Å². The van der Waals surface area contributed by atoms with Gasteiger partial charge < -0.3 is 15.8 Å². The lowest BCUT2D eigenvalue weighted by Crippen LogP contribution is -2.27. The van der Waals surface area contributed by atoms with Crippen LogP contribution < -0.4 is 15.8 Å². The quantitative estimate of drug-likeness (QED) is 0.730. The maximum absolute atomic E-state index is 12.3. The first-order chi connectivity index (χ1) is 11.5. The molecular weight excluding hydrogens is 358 g/mol. The van der Waals surface area contributed by atoms with Crippen LogP contribution in [0.15, 0.2) is 29.6 Å². The highest BCUT2D eigenvalue weighted by atomic mass is 35.5. The number of hydrogen-bond donors (Lipinski definition) is 2. The van der Waals surface area contributed by atoms with Crippen molar-refractivity contribution in [3.63, 3.8) is 0 Å². The molecule has 0 aliphatic rings. The van der Waals surface area contributed by atoms with Crippen molar-refractivity contribution in [1.82, 2.24) is 10.3 Å². The number of thiazole rings is 1. The number of aromatic nitrogens is 1. The fourth-order valence-electron chi connectivity index (χ4n) is 2.12. The van der Waals surface area contributed by atoms with Crippen molar-refractivity contribution in [2.75, 3.05) is 13.2 Å². The lowest BCUT2D eigenvalue weighted by atomic mass is 10.1. The van der Waals surface area contributed by atoms with Gasteiger partial charge in [0, 0.05) is 11.8 Å². The van der Waals surface area contributed by atoms with Crippen molar-refractivity contribution < 1.29 is 9.53 Å². The number of amides is 1. The van der Waals surface area contributed by atoms with Crippen LogP contribution in [0.3, 0.4) is 0 Å². The number of rotatable bonds is 8. The van der Waals surface area contributed by atoms with Crippen LogP contribution in [0.1, 0.15) is 47.9 Å². The van der Waals surface area contributed by atoms with Gasteiger partial charge in [-0.1, -0.05) is 26.0 Å². The fourth-order valence-corrected chi connectivity index (χ4v) is 2.92. The summed E-state index contributed by atoms with van der Waals surface area (Å²) in [5.74, 6) is 1.17. The molecule has 1 aromatic heterocycles. The molecule has 0 spiro atoms. The van der Waals surface area contributed by atoms with Crippen LogP contribution in [0, 0.1) is 5.92 Å². The number of hydrogen-bond acceptors (Lipinski definition) is 5. The van der Waals surface area contributed by atoms with Gasteiger partial charge in [0.15, 0.2) is 0 Å². The van der Waals surface area contributed by atoms with Crippen molar-refractivity contribution >= 4 is 29.7 Å². The van der Waals surface area contributed by atoms with Gasteiger partial charge in [0.25, 0.3) is 5.91 Å². The van der Waals surface area contributed by atoms with Gasteiger partial charge in [0.05, 0.1) is 17.7 Å². The third-order valence-electron chi connectivity index (χ3n) is 3.45. The molecule has 5 nitrogen and oxygen atoms in total. The molecule has 0 radical (unpaired) electrons. The van der Waals surface area contributed by atoms with Gasteiger partial charge in [-0.3, -0.25) is 4.79 Å². The van der Waals surface area contributed by atoms with E-state index in [2.05, 4.69) is 24.1 Å². The number of benzene rings is 1. The number of nitrogens with two attached hydrogens (primary N) is 1. The molecule has 1 atom stereocenters. The molecule has 0 aliphatic carbocycles. The predicted octanol–water partition coefficient (Wildman–Crippen LogP) is 3.59. The Kier molecular flexibility index (Phi) is 8.89. The zero-order valence-corrected chi connectivity index (χ0v) is 16.5. The van der Waals surface area contributed by atoms with Gasteiger partial charge in [-0.25, -0.2) is 4.98 Å². The highest BCUT2D eigenvalue weighted by Gasteiger charge is 2.14. The van der Waals surface area contributed by atoms with Gasteiger partial charge in [0.1, 0.15) is 11.4 Å². The molecule has 25 heavy (non-hydrogen) atoms. The fraction of sp³-hybridized carbons (Fsp3) is 0.444. The Morgan fingerprint density at radius 3 is 2.56 bits per heavy atom. The van der Waals surface area contributed by atoms with E-state index < -0.39 is 0 Å². The van der Waals surface area contributed by atoms with E-state index in [-0.39, 0.29) is 24.4 Å². The highest BCUT2D eigenvalue weighted by Crippen LogP contribution is 2.19. The molecule has 1 amide bonds. The second-order valence-corrected chi connectivity index (χ2v) is 7.08. The van der Waals surface area contributed by atoms with E-state index in [0.717, 1.165) is 16.3 Å². The third-order valence-corrected chi connectivity index (χ3v) is 4.36. The maximum atomic E-state index is 12.3. The first kappa shape index (κ1) is 21.4. The number of nitrogens with zero attached hydrogens (tertiary/aromatic N) is 1. The Labute approximate surface area is 159 Å². The molecule has 2 aromatic rings. The van der Waals surface area contributed by atoms with Crippen molar-refractivity contribution in [1.29, 1.82) is 0 Å². The lowest BCUT2D eigenvalue weighted by molar-refractivity contribution is 0.0935. The van der Waals surface area contributed by atoms with E-state index in [1.807, 2.05) is 31.2 Å². The van der Waals surface area contributed by atoms with Crippen LogP contribution in [0.5, 0.6) is 5.75 Å². The molecule has 1 unspecified atom stereocenters. The van der Waals surface area contributed by atoms with Gasteiger partial charge >= 0.3 is 0 Å². The largest absolute Gasteiger partial charge is 0.493 e. The van der Waals surface area contributed by atoms with Gasteiger partial charge in [-0.05, 0) is 37.1 Å². The molecule has 0 bridgehead atoms. The highest BCUT2D eigenvalue weighted by molar-refractivity contribution is 7.09. The van der Waals surface area contributed by atoms with Gasteiger partial charge in [-0.2, -0.15) is 0 Å².